The van der Waals surface area contributed by atoms with Crippen molar-refractivity contribution in [1.82, 2.24) is 15.5 Å². The van der Waals surface area contributed by atoms with E-state index in [4.69, 9.17) is 0 Å². The quantitative estimate of drug-likeness (QED) is 0.785. The Labute approximate surface area is 113 Å². The van der Waals surface area contributed by atoms with Crippen molar-refractivity contribution in [2.45, 2.75) is 33.2 Å². The van der Waals surface area contributed by atoms with Crippen LogP contribution in [-0.4, -0.2) is 16.7 Å². The lowest BCUT2D eigenvalue weighted by atomic mass is 10.1. The fourth-order valence-electron chi connectivity index (χ4n) is 2.01. The second kappa shape index (κ2) is 6.48. The van der Waals surface area contributed by atoms with E-state index in [1.807, 2.05) is 25.3 Å². The zero-order valence-electron chi connectivity index (χ0n) is 11.5. The predicted molar refractivity (Wildman–Crippen MR) is 74.5 cm³/mol. The van der Waals surface area contributed by atoms with Gasteiger partial charge in [0, 0.05) is 12.2 Å². The van der Waals surface area contributed by atoms with Gasteiger partial charge in [0.15, 0.2) is 0 Å². The second-order valence-corrected chi connectivity index (χ2v) is 4.88. The van der Waals surface area contributed by atoms with Crippen LogP contribution in [0.2, 0.25) is 0 Å². The molecule has 0 aliphatic heterocycles. The third-order valence-corrected chi connectivity index (χ3v) is 3.30. The number of aromatic nitrogens is 2. The van der Waals surface area contributed by atoms with Crippen molar-refractivity contribution in [1.29, 1.82) is 0 Å². The van der Waals surface area contributed by atoms with Crippen molar-refractivity contribution in [3.63, 3.8) is 0 Å². The van der Waals surface area contributed by atoms with E-state index in [-0.39, 0.29) is 5.82 Å². The number of aromatic amines is 1. The number of nitrogens with one attached hydrogen (secondary N) is 2. The van der Waals surface area contributed by atoms with Crippen LogP contribution < -0.4 is 5.32 Å². The van der Waals surface area contributed by atoms with Crippen LogP contribution >= 0.6 is 0 Å². The fraction of sp³-hybridized carbons (Fsp3) is 0.400. The zero-order valence-corrected chi connectivity index (χ0v) is 11.5. The summed E-state index contributed by atoms with van der Waals surface area (Å²) in [6.07, 6.45) is 3.94. The van der Waals surface area contributed by atoms with Crippen molar-refractivity contribution < 1.29 is 4.39 Å². The molecule has 19 heavy (non-hydrogen) atoms. The monoisotopic (exact) mass is 261 g/mol. The second-order valence-electron chi connectivity index (χ2n) is 4.88. The van der Waals surface area contributed by atoms with Crippen molar-refractivity contribution >= 4 is 0 Å². The van der Waals surface area contributed by atoms with E-state index >= 15 is 0 Å². The normalized spacial score (nSPS) is 10.9. The number of hydrogen-bond acceptors (Lipinski definition) is 2. The van der Waals surface area contributed by atoms with Gasteiger partial charge in [0.25, 0.3) is 0 Å². The summed E-state index contributed by atoms with van der Waals surface area (Å²) in [4.78, 5) is 0. The van der Waals surface area contributed by atoms with Gasteiger partial charge in [-0.05, 0) is 56.0 Å². The number of rotatable bonds is 6. The number of benzene rings is 1. The zero-order chi connectivity index (χ0) is 13.7. The third-order valence-electron chi connectivity index (χ3n) is 3.30. The SMILES string of the molecule is Cc1ccc(CNCCCc2cn[nH]c2C)cc1F. The van der Waals surface area contributed by atoms with Crippen LogP contribution in [0.5, 0.6) is 0 Å². The molecule has 102 valence electrons. The molecule has 0 radical (unpaired) electrons. The summed E-state index contributed by atoms with van der Waals surface area (Å²) in [7, 11) is 0. The van der Waals surface area contributed by atoms with E-state index in [0.717, 1.165) is 30.6 Å². The van der Waals surface area contributed by atoms with Gasteiger partial charge in [-0.15, -0.1) is 0 Å². The van der Waals surface area contributed by atoms with Gasteiger partial charge in [-0.3, -0.25) is 5.10 Å². The maximum atomic E-state index is 13.3. The molecule has 0 bridgehead atoms. The van der Waals surface area contributed by atoms with Crippen LogP contribution in [0.25, 0.3) is 0 Å². The van der Waals surface area contributed by atoms with Gasteiger partial charge in [-0.2, -0.15) is 5.10 Å². The average Bonchev–Trinajstić information content (AvgIpc) is 2.79. The lowest BCUT2D eigenvalue weighted by Crippen LogP contribution is -2.15. The number of aryl methyl sites for hydroxylation is 3. The van der Waals surface area contributed by atoms with E-state index in [9.17, 15) is 4.39 Å². The Morgan fingerprint density at radius 1 is 1.32 bits per heavy atom. The van der Waals surface area contributed by atoms with Crippen molar-refractivity contribution in [2.24, 2.45) is 0 Å². The summed E-state index contributed by atoms with van der Waals surface area (Å²) < 4.78 is 13.3. The highest BCUT2D eigenvalue weighted by molar-refractivity contribution is 5.23. The van der Waals surface area contributed by atoms with E-state index in [0.29, 0.717) is 12.1 Å². The highest BCUT2D eigenvalue weighted by Gasteiger charge is 2.01. The Kier molecular flexibility index (Phi) is 4.68. The number of H-pyrrole nitrogens is 1. The Hall–Kier alpha value is -1.68. The number of hydrogen-bond donors (Lipinski definition) is 2. The topological polar surface area (TPSA) is 40.7 Å². The molecular weight excluding hydrogens is 241 g/mol. The van der Waals surface area contributed by atoms with Gasteiger partial charge in [0.2, 0.25) is 0 Å². The van der Waals surface area contributed by atoms with Crippen molar-refractivity contribution in [3.05, 3.63) is 52.6 Å². The molecule has 0 fully saturated rings. The first-order valence-electron chi connectivity index (χ1n) is 6.61. The molecule has 0 saturated heterocycles. The maximum Gasteiger partial charge on any atom is 0.126 e. The van der Waals surface area contributed by atoms with Gasteiger partial charge in [0.05, 0.1) is 6.20 Å². The molecule has 2 N–H and O–H groups in total. The highest BCUT2D eigenvalue weighted by atomic mass is 19.1. The van der Waals surface area contributed by atoms with E-state index < -0.39 is 0 Å². The van der Waals surface area contributed by atoms with Crippen molar-refractivity contribution in [3.8, 4) is 0 Å². The first-order chi connectivity index (χ1) is 9.16. The lowest BCUT2D eigenvalue weighted by Gasteiger charge is -2.06. The summed E-state index contributed by atoms with van der Waals surface area (Å²) in [5, 5.41) is 10.3. The smallest absolute Gasteiger partial charge is 0.126 e. The van der Waals surface area contributed by atoms with Crippen LogP contribution in [0.15, 0.2) is 24.4 Å². The molecule has 4 heteroatoms. The Balaban J connectivity index is 1.69. The minimum atomic E-state index is -0.131. The highest BCUT2D eigenvalue weighted by Crippen LogP contribution is 2.09. The van der Waals surface area contributed by atoms with Gasteiger partial charge >= 0.3 is 0 Å². The summed E-state index contributed by atoms with van der Waals surface area (Å²) in [6, 6.07) is 5.38. The lowest BCUT2D eigenvalue weighted by molar-refractivity contribution is 0.608. The van der Waals surface area contributed by atoms with E-state index in [1.165, 1.54) is 5.56 Å². The molecule has 0 spiro atoms. The first kappa shape index (κ1) is 13.7. The van der Waals surface area contributed by atoms with Gasteiger partial charge in [0.1, 0.15) is 5.82 Å². The van der Waals surface area contributed by atoms with Gasteiger partial charge < -0.3 is 5.32 Å². The molecule has 2 aromatic rings. The summed E-state index contributed by atoms with van der Waals surface area (Å²) in [5.74, 6) is -0.131. The summed E-state index contributed by atoms with van der Waals surface area (Å²) in [6.45, 7) is 5.44. The minimum absolute atomic E-state index is 0.131. The standard InChI is InChI=1S/C15H20FN3/c1-11-5-6-13(8-15(11)16)9-17-7-3-4-14-10-18-19-12(14)2/h5-6,8,10,17H,3-4,7,9H2,1-2H3,(H,18,19). The molecule has 0 aliphatic rings. The Morgan fingerprint density at radius 2 is 2.16 bits per heavy atom. The third kappa shape index (κ3) is 3.89. The molecule has 0 unspecified atom stereocenters. The van der Waals surface area contributed by atoms with Crippen LogP contribution in [0.3, 0.4) is 0 Å². The fourth-order valence-corrected chi connectivity index (χ4v) is 2.01. The minimum Gasteiger partial charge on any atom is -0.313 e. The Morgan fingerprint density at radius 3 is 2.84 bits per heavy atom. The first-order valence-corrected chi connectivity index (χ1v) is 6.61. The molecule has 0 saturated carbocycles. The number of nitrogens with zero attached hydrogens (tertiary/aromatic N) is 1. The van der Waals surface area contributed by atoms with Crippen LogP contribution in [-0.2, 0) is 13.0 Å². The molecule has 0 amide bonds. The van der Waals surface area contributed by atoms with Crippen molar-refractivity contribution in [2.75, 3.05) is 6.54 Å². The van der Waals surface area contributed by atoms with Gasteiger partial charge in [-0.25, -0.2) is 4.39 Å². The maximum absolute atomic E-state index is 13.3. The van der Waals surface area contributed by atoms with E-state index in [2.05, 4.69) is 15.5 Å². The van der Waals surface area contributed by atoms with Crippen LogP contribution in [0, 0.1) is 19.7 Å². The van der Waals surface area contributed by atoms with Gasteiger partial charge in [-0.1, -0.05) is 12.1 Å². The Bertz CT molecular complexity index is 534. The summed E-state index contributed by atoms with van der Waals surface area (Å²) >= 11 is 0. The average molecular weight is 261 g/mol. The molecule has 3 nitrogen and oxygen atoms in total. The molecule has 2 rings (SSSR count). The molecule has 1 aromatic carbocycles. The van der Waals surface area contributed by atoms with Crippen LogP contribution in [0.4, 0.5) is 4.39 Å². The number of halogens is 1. The van der Waals surface area contributed by atoms with Crippen LogP contribution in [0.1, 0.15) is 28.8 Å². The predicted octanol–water partition coefficient (Wildman–Crippen LogP) is 2.89. The largest absolute Gasteiger partial charge is 0.313 e. The molecular formula is C15H20FN3. The molecule has 1 heterocycles. The molecule has 1 aromatic heterocycles. The van der Waals surface area contributed by atoms with E-state index in [1.54, 1.807) is 13.0 Å². The molecule has 0 atom stereocenters. The molecule has 0 aliphatic carbocycles. The summed E-state index contributed by atoms with van der Waals surface area (Å²) in [5.41, 5.74) is 4.09.